The normalized spacial score (nSPS) is 14.8. The predicted octanol–water partition coefficient (Wildman–Crippen LogP) is 5.16. The van der Waals surface area contributed by atoms with Gasteiger partial charge in [-0.15, -0.1) is 0 Å². The summed E-state index contributed by atoms with van der Waals surface area (Å²) in [6.45, 7) is 0. The minimum absolute atomic E-state index is 0.202. The van der Waals surface area contributed by atoms with Crippen molar-refractivity contribution >= 4 is 22.4 Å². The molecule has 0 nitrogen and oxygen atoms in total. The van der Waals surface area contributed by atoms with Gasteiger partial charge in [-0.25, -0.2) is 0 Å². The topological polar surface area (TPSA) is 0 Å². The summed E-state index contributed by atoms with van der Waals surface area (Å²) in [4.78, 5) is 0. The molecule has 0 N–H and O–H groups in total. The van der Waals surface area contributed by atoms with E-state index in [0.29, 0.717) is 10.6 Å². The standard InChI is InChI=1S/C16H11Cl/c17-16-8-4-7-14-11-13(9-10-15(14)16)12-5-2-1-3-6-12/h1-11H/i1D,2D,3D,5D,6D. The van der Waals surface area contributed by atoms with Crippen molar-refractivity contribution in [1.29, 1.82) is 0 Å². The van der Waals surface area contributed by atoms with E-state index < -0.39 is 0 Å². The maximum atomic E-state index is 8.02. The zero-order valence-electron chi connectivity index (χ0n) is 13.8. The Morgan fingerprint density at radius 2 is 1.71 bits per heavy atom. The molecule has 0 fully saturated rings. The minimum atomic E-state index is -0.386. The van der Waals surface area contributed by atoms with E-state index in [9.17, 15) is 0 Å². The SMILES string of the molecule is [2H]c1c([2H])c([2H])c(-c2ccc3c(Cl)cccc3c2)c([2H])c1[2H]. The molecule has 0 aliphatic carbocycles. The summed E-state index contributed by atoms with van der Waals surface area (Å²) in [6, 6.07) is 9.34. The van der Waals surface area contributed by atoms with Crippen LogP contribution in [0.25, 0.3) is 21.9 Å². The second kappa shape index (κ2) is 4.23. The second-order valence-corrected chi connectivity index (χ2v) is 4.08. The van der Waals surface area contributed by atoms with Crippen molar-refractivity contribution in [2.24, 2.45) is 0 Å². The van der Waals surface area contributed by atoms with Gasteiger partial charge in [0.1, 0.15) is 0 Å². The van der Waals surface area contributed by atoms with Crippen molar-refractivity contribution in [1.82, 2.24) is 0 Å². The van der Waals surface area contributed by atoms with Crippen LogP contribution in [0.5, 0.6) is 0 Å². The van der Waals surface area contributed by atoms with E-state index in [-0.39, 0.29) is 35.8 Å². The lowest BCUT2D eigenvalue weighted by atomic mass is 10.0. The molecule has 0 radical (unpaired) electrons. The van der Waals surface area contributed by atoms with Crippen LogP contribution in [0.2, 0.25) is 5.02 Å². The van der Waals surface area contributed by atoms with Gasteiger partial charge in [0, 0.05) is 10.4 Å². The molecule has 3 aromatic carbocycles. The first kappa shape index (κ1) is 6.23. The highest BCUT2D eigenvalue weighted by molar-refractivity contribution is 6.35. The van der Waals surface area contributed by atoms with E-state index in [1.807, 2.05) is 12.1 Å². The van der Waals surface area contributed by atoms with Gasteiger partial charge in [0.15, 0.2) is 0 Å². The lowest BCUT2D eigenvalue weighted by Crippen LogP contribution is -1.79. The Kier molecular flexibility index (Phi) is 1.55. The van der Waals surface area contributed by atoms with Crippen LogP contribution in [-0.4, -0.2) is 0 Å². The molecule has 0 saturated heterocycles. The van der Waals surface area contributed by atoms with Crippen molar-refractivity contribution in [2.45, 2.75) is 0 Å². The van der Waals surface area contributed by atoms with E-state index in [2.05, 4.69) is 0 Å². The lowest BCUT2D eigenvalue weighted by Gasteiger charge is -2.05. The number of hydrogen-bond acceptors (Lipinski definition) is 0. The number of benzene rings is 3. The van der Waals surface area contributed by atoms with Crippen molar-refractivity contribution in [3.63, 3.8) is 0 Å². The fourth-order valence-electron chi connectivity index (χ4n) is 1.79. The highest BCUT2D eigenvalue weighted by Gasteiger charge is 2.01. The summed E-state index contributed by atoms with van der Waals surface area (Å²) >= 11 is 6.13. The highest BCUT2D eigenvalue weighted by Crippen LogP contribution is 2.28. The molecule has 0 spiro atoms. The number of hydrogen-bond donors (Lipinski definition) is 0. The smallest absolute Gasteiger partial charge is 0.0629 e. The van der Waals surface area contributed by atoms with E-state index in [1.165, 1.54) is 0 Å². The third-order valence-corrected chi connectivity index (χ3v) is 2.95. The summed E-state index contributed by atoms with van der Waals surface area (Å²) in [6.07, 6.45) is 0. The Bertz CT molecular complexity index is 876. The first-order valence-corrected chi connectivity index (χ1v) is 5.55. The molecule has 0 bridgehead atoms. The van der Waals surface area contributed by atoms with Crippen molar-refractivity contribution in [3.8, 4) is 11.1 Å². The average Bonchev–Trinajstić information content (AvgIpc) is 2.51. The van der Waals surface area contributed by atoms with Crippen LogP contribution >= 0.6 is 11.6 Å². The maximum absolute atomic E-state index is 8.02. The Balaban J connectivity index is 2.33. The Morgan fingerprint density at radius 1 is 0.882 bits per heavy atom. The second-order valence-electron chi connectivity index (χ2n) is 3.68. The molecule has 3 aromatic rings. The largest absolute Gasteiger partial charge is 0.0837 e. The van der Waals surface area contributed by atoms with Crippen molar-refractivity contribution in [3.05, 3.63) is 71.6 Å². The zero-order chi connectivity index (χ0) is 16.0. The Hall–Kier alpha value is -1.79. The predicted molar refractivity (Wildman–Crippen MR) is 74.4 cm³/mol. The maximum Gasteiger partial charge on any atom is 0.0629 e. The van der Waals surface area contributed by atoms with Gasteiger partial charge in [-0.05, 0) is 28.6 Å². The summed E-state index contributed by atoms with van der Waals surface area (Å²) < 4.78 is 39.2. The van der Waals surface area contributed by atoms with Crippen LogP contribution in [0.15, 0.2) is 66.6 Å². The van der Waals surface area contributed by atoms with Crippen LogP contribution in [-0.2, 0) is 0 Å². The molecule has 0 atom stereocenters. The van der Waals surface area contributed by atoms with E-state index in [1.54, 1.807) is 24.3 Å². The molecular weight excluding hydrogens is 228 g/mol. The zero-order valence-corrected chi connectivity index (χ0v) is 9.60. The van der Waals surface area contributed by atoms with Crippen LogP contribution in [0.3, 0.4) is 0 Å². The summed E-state index contributed by atoms with van der Waals surface area (Å²) in [5, 5.41) is 2.34. The van der Waals surface area contributed by atoms with Gasteiger partial charge < -0.3 is 0 Å². The molecule has 0 aliphatic rings. The number of rotatable bonds is 1. The molecule has 17 heavy (non-hydrogen) atoms. The molecule has 0 aliphatic heterocycles. The van der Waals surface area contributed by atoms with Crippen molar-refractivity contribution in [2.75, 3.05) is 0 Å². The van der Waals surface area contributed by atoms with E-state index >= 15 is 0 Å². The number of halogens is 1. The third kappa shape index (κ3) is 1.92. The monoisotopic (exact) mass is 243 g/mol. The van der Waals surface area contributed by atoms with Crippen LogP contribution in [0.4, 0.5) is 0 Å². The highest BCUT2D eigenvalue weighted by atomic mass is 35.5. The Morgan fingerprint density at radius 3 is 2.53 bits per heavy atom. The molecule has 0 aromatic heterocycles. The molecule has 0 unspecified atom stereocenters. The molecule has 0 heterocycles. The van der Waals surface area contributed by atoms with Gasteiger partial charge in [-0.1, -0.05) is 66.1 Å². The fourth-order valence-corrected chi connectivity index (χ4v) is 2.04. The molecule has 82 valence electrons. The molecule has 3 rings (SSSR count). The average molecular weight is 244 g/mol. The van der Waals surface area contributed by atoms with Gasteiger partial charge in [-0.2, -0.15) is 0 Å². The summed E-state index contributed by atoms with van der Waals surface area (Å²) in [7, 11) is 0. The van der Waals surface area contributed by atoms with Crippen molar-refractivity contribution < 1.29 is 6.85 Å². The molecular formula is C16H11Cl. The molecule has 1 heteroatoms. The van der Waals surface area contributed by atoms with Gasteiger partial charge >= 0.3 is 0 Å². The van der Waals surface area contributed by atoms with E-state index in [4.69, 9.17) is 18.5 Å². The third-order valence-electron chi connectivity index (χ3n) is 2.62. The van der Waals surface area contributed by atoms with Gasteiger partial charge in [-0.3, -0.25) is 0 Å². The van der Waals surface area contributed by atoms with Crippen LogP contribution < -0.4 is 0 Å². The number of fused-ring (bicyclic) bond motifs is 1. The Labute approximate surface area is 112 Å². The summed E-state index contributed by atoms with van der Waals surface area (Å²) in [5.74, 6) is 0. The van der Waals surface area contributed by atoms with E-state index in [0.717, 1.165) is 10.8 Å². The quantitative estimate of drug-likeness (QED) is 0.554. The van der Waals surface area contributed by atoms with Crippen LogP contribution in [0.1, 0.15) is 6.85 Å². The fraction of sp³-hybridized carbons (Fsp3) is 0. The van der Waals surface area contributed by atoms with Gasteiger partial charge in [0.2, 0.25) is 0 Å². The van der Waals surface area contributed by atoms with Crippen LogP contribution in [0, 0.1) is 0 Å². The summed E-state index contributed by atoms with van der Waals surface area (Å²) in [5.41, 5.74) is 0.777. The first-order chi connectivity index (χ1) is 10.4. The van der Waals surface area contributed by atoms with Gasteiger partial charge in [0.25, 0.3) is 0 Å². The first-order valence-electron chi connectivity index (χ1n) is 7.67. The van der Waals surface area contributed by atoms with Gasteiger partial charge in [0.05, 0.1) is 6.85 Å². The minimum Gasteiger partial charge on any atom is -0.0837 e. The molecule has 0 saturated carbocycles. The molecule has 0 amide bonds. The lowest BCUT2D eigenvalue weighted by molar-refractivity contribution is 1.64.